The van der Waals surface area contributed by atoms with E-state index in [1.807, 2.05) is 0 Å². The Labute approximate surface area is 127 Å². The summed E-state index contributed by atoms with van der Waals surface area (Å²) in [5.41, 5.74) is 0.692. The Hall–Kier alpha value is -0.740. The Kier molecular flexibility index (Phi) is 6.83. The van der Waals surface area contributed by atoms with Crippen molar-refractivity contribution in [3.05, 3.63) is 23.2 Å². The molecule has 0 amide bonds. The van der Waals surface area contributed by atoms with E-state index in [4.69, 9.17) is 11.6 Å². The van der Waals surface area contributed by atoms with E-state index in [1.165, 1.54) is 38.0 Å². The summed E-state index contributed by atoms with van der Waals surface area (Å²) in [6.07, 6.45) is 7.15. The molecular formula is C15H24ClNO2S. The number of anilines is 1. The van der Waals surface area contributed by atoms with Crippen LogP contribution in [0.4, 0.5) is 5.69 Å². The van der Waals surface area contributed by atoms with Gasteiger partial charge in [0.2, 0.25) is 0 Å². The molecule has 0 bridgehead atoms. The summed E-state index contributed by atoms with van der Waals surface area (Å²) in [7, 11) is -3.20. The van der Waals surface area contributed by atoms with E-state index in [1.54, 1.807) is 12.1 Å². The number of rotatable bonds is 8. The Morgan fingerprint density at radius 2 is 1.95 bits per heavy atom. The van der Waals surface area contributed by atoms with Gasteiger partial charge >= 0.3 is 0 Å². The minimum absolute atomic E-state index is 0.277. The second-order valence-electron chi connectivity index (χ2n) is 5.31. The Balaban J connectivity index is 2.67. The maximum Gasteiger partial charge on any atom is 0.175 e. The van der Waals surface area contributed by atoms with Crippen molar-refractivity contribution in [2.45, 2.75) is 56.9 Å². The lowest BCUT2D eigenvalue weighted by molar-refractivity contribution is 0.593. The molecule has 1 N–H and O–H groups in total. The minimum Gasteiger partial charge on any atom is -0.381 e. The van der Waals surface area contributed by atoms with E-state index in [-0.39, 0.29) is 6.04 Å². The SMILES string of the molecule is CCCCCCC(C)Nc1cc(S(C)(=O)=O)ccc1Cl. The Morgan fingerprint density at radius 1 is 1.25 bits per heavy atom. The van der Waals surface area contributed by atoms with Crippen LogP contribution in [0.5, 0.6) is 0 Å². The quantitative estimate of drug-likeness (QED) is 0.717. The molecule has 0 spiro atoms. The number of hydrogen-bond acceptors (Lipinski definition) is 3. The number of benzene rings is 1. The average molecular weight is 318 g/mol. The van der Waals surface area contributed by atoms with Crippen molar-refractivity contribution >= 4 is 27.1 Å². The monoisotopic (exact) mass is 317 g/mol. The molecule has 0 heterocycles. The van der Waals surface area contributed by atoms with Gasteiger partial charge in [-0.25, -0.2) is 8.42 Å². The largest absolute Gasteiger partial charge is 0.381 e. The van der Waals surface area contributed by atoms with Crippen molar-refractivity contribution in [3.8, 4) is 0 Å². The Morgan fingerprint density at radius 3 is 2.55 bits per heavy atom. The van der Waals surface area contributed by atoms with Crippen LogP contribution >= 0.6 is 11.6 Å². The zero-order valence-electron chi connectivity index (χ0n) is 12.4. The maximum atomic E-state index is 11.6. The highest BCUT2D eigenvalue weighted by atomic mass is 35.5. The van der Waals surface area contributed by atoms with Crippen LogP contribution in [0.1, 0.15) is 46.0 Å². The van der Waals surface area contributed by atoms with Crippen LogP contribution in [0.25, 0.3) is 0 Å². The molecule has 1 aromatic carbocycles. The van der Waals surface area contributed by atoms with Crippen LogP contribution in [0.15, 0.2) is 23.1 Å². The third-order valence-corrected chi connectivity index (χ3v) is 4.70. The van der Waals surface area contributed by atoms with Gasteiger partial charge in [-0.2, -0.15) is 0 Å². The summed E-state index contributed by atoms with van der Waals surface area (Å²) in [6, 6.07) is 5.05. The van der Waals surface area contributed by atoms with Gasteiger partial charge in [-0.05, 0) is 31.5 Å². The zero-order chi connectivity index (χ0) is 15.2. The van der Waals surface area contributed by atoms with E-state index in [9.17, 15) is 8.42 Å². The van der Waals surface area contributed by atoms with Crippen molar-refractivity contribution < 1.29 is 8.42 Å². The van der Waals surface area contributed by atoms with Crippen molar-refractivity contribution in [1.29, 1.82) is 0 Å². The topological polar surface area (TPSA) is 46.2 Å². The van der Waals surface area contributed by atoms with E-state index < -0.39 is 9.84 Å². The van der Waals surface area contributed by atoms with Gasteiger partial charge in [0.15, 0.2) is 9.84 Å². The molecule has 3 nitrogen and oxygen atoms in total. The lowest BCUT2D eigenvalue weighted by atomic mass is 10.1. The van der Waals surface area contributed by atoms with Gasteiger partial charge in [-0.3, -0.25) is 0 Å². The molecule has 0 saturated carbocycles. The molecule has 114 valence electrons. The van der Waals surface area contributed by atoms with Crippen molar-refractivity contribution in [2.24, 2.45) is 0 Å². The van der Waals surface area contributed by atoms with Crippen LogP contribution in [0.3, 0.4) is 0 Å². The third-order valence-electron chi connectivity index (χ3n) is 3.26. The number of hydrogen-bond donors (Lipinski definition) is 1. The van der Waals surface area contributed by atoms with Crippen molar-refractivity contribution in [1.82, 2.24) is 0 Å². The van der Waals surface area contributed by atoms with E-state index in [2.05, 4.69) is 19.2 Å². The van der Waals surface area contributed by atoms with Gasteiger partial charge in [-0.1, -0.05) is 44.2 Å². The predicted octanol–water partition coefficient (Wildman–Crippen LogP) is 4.51. The van der Waals surface area contributed by atoms with E-state index in [0.29, 0.717) is 15.6 Å². The molecule has 0 aliphatic heterocycles. The molecular weight excluding hydrogens is 294 g/mol. The van der Waals surface area contributed by atoms with E-state index in [0.717, 1.165) is 6.42 Å². The van der Waals surface area contributed by atoms with Gasteiger partial charge in [0.1, 0.15) is 0 Å². The number of sulfone groups is 1. The van der Waals surface area contributed by atoms with Gasteiger partial charge in [0, 0.05) is 12.3 Å². The number of unbranched alkanes of at least 4 members (excludes halogenated alkanes) is 3. The van der Waals surface area contributed by atoms with Crippen LogP contribution in [-0.4, -0.2) is 20.7 Å². The molecule has 1 rings (SSSR count). The second kappa shape index (κ2) is 7.89. The first-order chi connectivity index (χ1) is 9.34. The zero-order valence-corrected chi connectivity index (χ0v) is 14.0. The molecule has 1 atom stereocenters. The van der Waals surface area contributed by atoms with Crippen LogP contribution < -0.4 is 5.32 Å². The fourth-order valence-corrected chi connectivity index (χ4v) is 2.88. The third kappa shape index (κ3) is 5.71. The predicted molar refractivity (Wildman–Crippen MR) is 86.4 cm³/mol. The fraction of sp³-hybridized carbons (Fsp3) is 0.600. The molecule has 1 aromatic rings. The van der Waals surface area contributed by atoms with Crippen molar-refractivity contribution in [3.63, 3.8) is 0 Å². The Bertz CT molecular complexity index is 529. The summed E-state index contributed by atoms with van der Waals surface area (Å²) < 4.78 is 23.1. The maximum absolute atomic E-state index is 11.6. The summed E-state index contributed by atoms with van der Waals surface area (Å²) in [6.45, 7) is 4.29. The second-order valence-corrected chi connectivity index (χ2v) is 7.73. The van der Waals surface area contributed by atoms with Gasteiger partial charge < -0.3 is 5.32 Å². The highest BCUT2D eigenvalue weighted by Gasteiger charge is 2.11. The summed E-state index contributed by atoms with van der Waals surface area (Å²) in [5, 5.41) is 3.86. The van der Waals surface area contributed by atoms with Crippen LogP contribution in [-0.2, 0) is 9.84 Å². The first-order valence-electron chi connectivity index (χ1n) is 7.10. The van der Waals surface area contributed by atoms with Gasteiger partial charge in [0.25, 0.3) is 0 Å². The standard InChI is InChI=1S/C15H24ClNO2S/c1-4-5-6-7-8-12(2)17-15-11-13(20(3,18)19)9-10-14(15)16/h9-12,17H,4-8H2,1-3H3. The van der Waals surface area contributed by atoms with Gasteiger partial charge in [-0.15, -0.1) is 0 Å². The summed E-state index contributed by atoms with van der Waals surface area (Å²) in [4.78, 5) is 0.294. The molecule has 0 aliphatic carbocycles. The molecule has 20 heavy (non-hydrogen) atoms. The molecule has 0 aliphatic rings. The highest BCUT2D eigenvalue weighted by Crippen LogP contribution is 2.26. The molecule has 1 unspecified atom stereocenters. The molecule has 0 radical (unpaired) electrons. The fourth-order valence-electron chi connectivity index (χ4n) is 2.06. The number of nitrogens with one attached hydrogen (secondary N) is 1. The molecule has 0 saturated heterocycles. The minimum atomic E-state index is -3.20. The molecule has 5 heteroatoms. The number of halogens is 1. The van der Waals surface area contributed by atoms with Crippen molar-refractivity contribution in [2.75, 3.05) is 11.6 Å². The lowest BCUT2D eigenvalue weighted by Gasteiger charge is -2.17. The van der Waals surface area contributed by atoms with Crippen LogP contribution in [0.2, 0.25) is 5.02 Å². The average Bonchev–Trinajstić information content (AvgIpc) is 2.36. The smallest absolute Gasteiger partial charge is 0.175 e. The molecule has 0 aromatic heterocycles. The van der Waals surface area contributed by atoms with Gasteiger partial charge in [0.05, 0.1) is 15.6 Å². The lowest BCUT2D eigenvalue weighted by Crippen LogP contribution is -2.15. The van der Waals surface area contributed by atoms with Crippen LogP contribution in [0, 0.1) is 0 Å². The summed E-state index contributed by atoms with van der Waals surface area (Å²) in [5.74, 6) is 0. The first kappa shape index (κ1) is 17.3. The normalized spacial score (nSPS) is 13.2. The highest BCUT2D eigenvalue weighted by molar-refractivity contribution is 7.90. The summed E-state index contributed by atoms with van der Waals surface area (Å²) >= 11 is 6.12. The molecule has 0 fully saturated rings. The first-order valence-corrected chi connectivity index (χ1v) is 9.37. The van der Waals surface area contributed by atoms with E-state index >= 15 is 0 Å².